The van der Waals surface area contributed by atoms with Crippen molar-refractivity contribution in [3.63, 3.8) is 0 Å². The molecule has 77 heavy (non-hydrogen) atoms. The Balaban J connectivity index is 1.60. The number of para-hydroxylation sites is 1. The molecule has 8 amide bonds. The first-order valence-electron chi connectivity index (χ1n) is 25.2. The monoisotopic (exact) mass is 1100 g/mol. The van der Waals surface area contributed by atoms with Crippen LogP contribution in [0.4, 0.5) is 0 Å². The van der Waals surface area contributed by atoms with E-state index >= 15 is 0 Å². The summed E-state index contributed by atoms with van der Waals surface area (Å²) in [6.07, 6.45) is 5.67. The first-order chi connectivity index (χ1) is 36.6. The second-order valence-corrected chi connectivity index (χ2v) is 22.2. The van der Waals surface area contributed by atoms with Crippen LogP contribution in [0.5, 0.6) is 0 Å². The molecule has 0 saturated carbocycles. The molecule has 1 aliphatic heterocycles. The molecule has 5 rings (SSSR count). The van der Waals surface area contributed by atoms with Crippen LogP contribution in [0.1, 0.15) is 83.5 Å². The molecule has 1 aliphatic rings. The number of imidazole rings is 1. The van der Waals surface area contributed by atoms with Crippen LogP contribution in [0, 0.1) is 0 Å². The summed E-state index contributed by atoms with van der Waals surface area (Å²) in [4.78, 5) is 140. The number of nitrogens with two attached hydrogens (primary N) is 2. The van der Waals surface area contributed by atoms with E-state index in [9.17, 15) is 48.3 Å². The van der Waals surface area contributed by atoms with Crippen molar-refractivity contribution in [2.75, 3.05) is 12.3 Å². The second kappa shape index (κ2) is 29.1. The van der Waals surface area contributed by atoms with E-state index in [4.69, 9.17) is 11.5 Å². The SMILES string of the molecule is CCCC[C@H](NC(C)=O)C(=O)N[C@@H]1C(=O)N[C@H](C)C(=O)N[C@@H](Cc2cnc[nH]2)C(=O)N[C@H](Cc2ccccc2)C(=O)N[C@@H](CCCN=C(N)N)C(=O)N[C@@H](Cc2c[nH]c3ccccc23)C(=O)N[C@H](C(=O)O)CSSC1(C)C. The van der Waals surface area contributed by atoms with E-state index < -0.39 is 106 Å². The fourth-order valence-corrected chi connectivity index (χ4v) is 11.1. The predicted molar refractivity (Wildman–Crippen MR) is 292 cm³/mol. The van der Waals surface area contributed by atoms with Crippen LogP contribution in [0.2, 0.25) is 0 Å². The molecule has 2 aromatic heterocycles. The number of rotatable bonds is 17. The third-order valence-corrected chi connectivity index (χ3v) is 15.8. The maximum Gasteiger partial charge on any atom is 0.327 e. The standard InChI is InChI=1S/C51H70N14O10S2/c1-6-7-17-35(59-29(3)66)44(69)65-41-48(73)58-28(2)42(67)61-39(23-32-25-54-27-57-32)47(72)62-37(21-30-14-9-8-10-15-30)45(70)60-36(19-13-20-55-50(52)53)43(68)63-38(22-31-24-56-34-18-12-11-16-33(31)34)46(71)64-40(49(74)75)26-76-77-51(41,4)5/h8-12,14-16,18,24-25,27-28,35-41,56H,6-7,13,17,19-23,26H2,1-5H3,(H,54,57)(H,58,73)(H,59,66)(H,60,70)(H,61,67)(H,62,72)(H,63,68)(H,64,71)(H,65,69)(H,74,75)(H4,52,53,55)/t28-,35+,36+,37-,38+,39+,40+,41-/m1/s1. The van der Waals surface area contributed by atoms with Crippen LogP contribution in [0.3, 0.4) is 0 Å². The number of nitrogens with zero attached hydrogens (tertiary/aromatic N) is 2. The minimum absolute atomic E-state index is 0.0513. The molecule has 416 valence electrons. The fourth-order valence-electron chi connectivity index (χ4n) is 8.33. The molecule has 4 aromatic rings. The molecule has 0 aliphatic carbocycles. The molecule has 1 fully saturated rings. The Hall–Kier alpha value is -7.61. The molecule has 3 heterocycles. The summed E-state index contributed by atoms with van der Waals surface area (Å²) in [7, 11) is 1.98. The van der Waals surface area contributed by atoms with Crippen LogP contribution in [-0.4, -0.2) is 145 Å². The molecule has 24 nitrogen and oxygen atoms in total. The number of unbranched alkanes of at least 4 members (excludes halogenated alkanes) is 1. The number of carboxylic acid groups (broad SMARTS) is 1. The number of carboxylic acids is 1. The van der Waals surface area contributed by atoms with Crippen molar-refractivity contribution in [2.45, 2.75) is 139 Å². The molecule has 0 bridgehead atoms. The lowest BCUT2D eigenvalue weighted by molar-refractivity contribution is -0.141. The maximum absolute atomic E-state index is 14.7. The van der Waals surface area contributed by atoms with Gasteiger partial charge in [-0.2, -0.15) is 0 Å². The highest BCUT2D eigenvalue weighted by molar-refractivity contribution is 8.77. The lowest BCUT2D eigenvalue weighted by Gasteiger charge is -2.35. The molecule has 8 atom stereocenters. The van der Waals surface area contributed by atoms with Crippen molar-refractivity contribution in [2.24, 2.45) is 16.5 Å². The third kappa shape index (κ3) is 18.6. The number of carbonyl (C=O) groups is 9. The number of aliphatic carboxylic acids is 1. The summed E-state index contributed by atoms with van der Waals surface area (Å²) in [5.41, 5.74) is 13.5. The summed E-state index contributed by atoms with van der Waals surface area (Å²) in [6, 6.07) is 4.94. The quantitative estimate of drug-likeness (QED) is 0.0294. The van der Waals surface area contributed by atoms with Gasteiger partial charge in [0.25, 0.3) is 0 Å². The average Bonchev–Trinajstić information content (AvgIpc) is 4.06. The largest absolute Gasteiger partial charge is 0.480 e. The number of amides is 8. The first-order valence-corrected chi connectivity index (χ1v) is 27.5. The molecule has 0 spiro atoms. The zero-order valence-electron chi connectivity index (χ0n) is 43.6. The van der Waals surface area contributed by atoms with Gasteiger partial charge in [0.1, 0.15) is 48.3 Å². The number of guanidine groups is 1. The van der Waals surface area contributed by atoms with E-state index in [0.717, 1.165) is 32.5 Å². The van der Waals surface area contributed by atoms with Crippen molar-refractivity contribution in [1.29, 1.82) is 0 Å². The van der Waals surface area contributed by atoms with E-state index in [-0.39, 0.29) is 56.8 Å². The highest BCUT2D eigenvalue weighted by Gasteiger charge is 2.41. The topological polar surface area (TPSA) is 379 Å². The lowest BCUT2D eigenvalue weighted by Crippen LogP contribution is -2.62. The van der Waals surface area contributed by atoms with E-state index in [1.165, 1.54) is 26.4 Å². The Kier molecular flexibility index (Phi) is 22.7. The molecule has 1 saturated heterocycles. The predicted octanol–water partition coefficient (Wildman–Crippen LogP) is 0.339. The third-order valence-electron chi connectivity index (χ3n) is 12.5. The Morgan fingerprint density at radius 2 is 1.42 bits per heavy atom. The number of hydrogen-bond acceptors (Lipinski definition) is 13. The van der Waals surface area contributed by atoms with Gasteiger partial charge in [0, 0.05) is 72.2 Å². The number of fused-ring (bicyclic) bond motifs is 1. The zero-order valence-corrected chi connectivity index (χ0v) is 45.2. The molecule has 15 N–H and O–H groups in total. The number of hydrogen-bond donors (Lipinski definition) is 13. The molecule has 2 aromatic carbocycles. The summed E-state index contributed by atoms with van der Waals surface area (Å²) in [6.45, 7) is 7.80. The number of carbonyl (C=O) groups excluding carboxylic acids is 8. The zero-order chi connectivity index (χ0) is 56.2. The number of aromatic amines is 2. The average molecular weight is 1100 g/mol. The maximum atomic E-state index is 14.7. The summed E-state index contributed by atoms with van der Waals surface area (Å²) in [5.74, 6) is -8.12. The van der Waals surface area contributed by atoms with Crippen molar-refractivity contribution in [3.8, 4) is 0 Å². The van der Waals surface area contributed by atoms with Gasteiger partial charge in [-0.15, -0.1) is 0 Å². The van der Waals surface area contributed by atoms with Crippen LogP contribution >= 0.6 is 21.6 Å². The number of benzene rings is 2. The molecular formula is C51H70N14O10S2. The molecular weight excluding hydrogens is 1030 g/mol. The lowest BCUT2D eigenvalue weighted by atomic mass is 10.00. The molecule has 26 heteroatoms. The van der Waals surface area contributed by atoms with E-state index in [0.29, 0.717) is 29.7 Å². The summed E-state index contributed by atoms with van der Waals surface area (Å²) in [5, 5.41) is 32.8. The van der Waals surface area contributed by atoms with Crippen molar-refractivity contribution < 1.29 is 48.3 Å². The van der Waals surface area contributed by atoms with Crippen LogP contribution in [-0.2, 0) is 62.4 Å². The van der Waals surface area contributed by atoms with Gasteiger partial charge in [0.15, 0.2) is 5.96 Å². The fraction of sp³-hybridized carbons (Fsp3) is 0.471. The Morgan fingerprint density at radius 1 is 0.792 bits per heavy atom. The van der Waals surface area contributed by atoms with Crippen molar-refractivity contribution in [1.82, 2.24) is 57.5 Å². The van der Waals surface area contributed by atoms with Gasteiger partial charge in [-0.3, -0.25) is 43.3 Å². The Morgan fingerprint density at radius 3 is 2.06 bits per heavy atom. The Labute approximate surface area is 453 Å². The number of aliphatic imine (C=N–C) groups is 1. The summed E-state index contributed by atoms with van der Waals surface area (Å²) < 4.78 is -1.30. The van der Waals surface area contributed by atoms with Gasteiger partial charge in [-0.05, 0) is 57.2 Å². The molecule has 0 unspecified atom stereocenters. The normalized spacial score (nSPS) is 22.6. The minimum Gasteiger partial charge on any atom is -0.480 e. The van der Waals surface area contributed by atoms with Crippen molar-refractivity contribution >= 4 is 91.7 Å². The van der Waals surface area contributed by atoms with Gasteiger partial charge in [-0.25, -0.2) is 9.78 Å². The van der Waals surface area contributed by atoms with Crippen molar-refractivity contribution in [3.05, 3.63) is 90.1 Å². The highest BCUT2D eigenvalue weighted by atomic mass is 33.1. The van der Waals surface area contributed by atoms with Crippen LogP contribution in [0.25, 0.3) is 10.9 Å². The highest BCUT2D eigenvalue weighted by Crippen LogP contribution is 2.39. The van der Waals surface area contributed by atoms with E-state index in [1.54, 1.807) is 56.4 Å². The smallest absolute Gasteiger partial charge is 0.327 e. The van der Waals surface area contributed by atoms with Crippen LogP contribution < -0.4 is 54.0 Å². The van der Waals surface area contributed by atoms with Gasteiger partial charge in [0.05, 0.1) is 6.33 Å². The van der Waals surface area contributed by atoms with E-state index in [2.05, 4.69) is 62.5 Å². The van der Waals surface area contributed by atoms with E-state index in [1.807, 2.05) is 25.1 Å². The first kappa shape index (κ1) is 60.3. The Bertz CT molecular complexity index is 2720. The van der Waals surface area contributed by atoms with Gasteiger partial charge >= 0.3 is 5.97 Å². The molecule has 0 radical (unpaired) electrons. The van der Waals surface area contributed by atoms with Gasteiger partial charge in [-0.1, -0.05) is 89.9 Å². The second-order valence-electron chi connectivity index (χ2n) is 19.2. The number of H-pyrrole nitrogens is 2. The van der Waals surface area contributed by atoms with Crippen LogP contribution in [0.15, 0.2) is 78.3 Å². The van der Waals surface area contributed by atoms with Gasteiger partial charge < -0.3 is 69.1 Å². The number of aromatic nitrogens is 3. The number of nitrogens with one attached hydrogen (secondary N) is 10. The summed E-state index contributed by atoms with van der Waals surface area (Å²) >= 11 is 0. The minimum atomic E-state index is -1.57. The van der Waals surface area contributed by atoms with Gasteiger partial charge in [0.2, 0.25) is 47.3 Å².